The molecule has 0 radical (unpaired) electrons. The Bertz CT molecular complexity index is 982. The first-order valence-corrected chi connectivity index (χ1v) is 9.76. The topological polar surface area (TPSA) is 85.1 Å². The van der Waals surface area contributed by atoms with Crippen LogP contribution in [0, 0.1) is 0 Å². The molecule has 0 bridgehead atoms. The van der Waals surface area contributed by atoms with Crippen molar-refractivity contribution in [2.45, 2.75) is 31.1 Å². The zero-order chi connectivity index (χ0) is 17.5. The number of phenols is 1. The van der Waals surface area contributed by atoms with E-state index in [0.29, 0.717) is 16.6 Å². The third kappa shape index (κ3) is 2.97. The quantitative estimate of drug-likeness (QED) is 0.714. The summed E-state index contributed by atoms with van der Waals surface area (Å²) in [6.07, 6.45) is 0.729. The highest BCUT2D eigenvalue weighted by Gasteiger charge is 2.22. The largest absolute Gasteiger partial charge is 0.505 e. The molecule has 3 rings (SSSR count). The summed E-state index contributed by atoms with van der Waals surface area (Å²) in [5.74, 6) is -0.0965. The molecular formula is C16H16ClN3O3S. The predicted molar refractivity (Wildman–Crippen MR) is 92.3 cm³/mol. The third-order valence-electron chi connectivity index (χ3n) is 4.02. The molecule has 0 aliphatic carbocycles. The fraction of sp³-hybridized carbons (Fsp3) is 0.250. The Morgan fingerprint density at radius 2 is 1.79 bits per heavy atom. The molecule has 6 nitrogen and oxygen atoms in total. The van der Waals surface area contributed by atoms with Gasteiger partial charge >= 0.3 is 0 Å². The molecule has 0 saturated carbocycles. The van der Waals surface area contributed by atoms with Crippen molar-refractivity contribution in [3.05, 3.63) is 42.0 Å². The molecule has 3 aromatic rings. The van der Waals surface area contributed by atoms with E-state index in [1.165, 1.54) is 16.9 Å². The van der Waals surface area contributed by atoms with E-state index in [9.17, 15) is 13.5 Å². The number of hydrogen-bond acceptors (Lipinski definition) is 5. The van der Waals surface area contributed by atoms with Gasteiger partial charge in [-0.15, -0.1) is 15.0 Å². The Kier molecular flexibility index (Phi) is 4.23. The molecule has 1 aromatic heterocycles. The molecular weight excluding hydrogens is 350 g/mol. The zero-order valence-corrected chi connectivity index (χ0v) is 14.7. The molecule has 0 spiro atoms. The smallest absolute Gasteiger partial charge is 0.261 e. The number of fused-ring (bicyclic) bond motifs is 1. The predicted octanol–water partition coefficient (Wildman–Crippen LogP) is 3.57. The first-order valence-electron chi connectivity index (χ1n) is 7.45. The van der Waals surface area contributed by atoms with Crippen LogP contribution in [0.25, 0.3) is 16.7 Å². The summed E-state index contributed by atoms with van der Waals surface area (Å²) in [6, 6.07) is 9.90. The summed E-state index contributed by atoms with van der Waals surface area (Å²) in [5, 5.41) is 19.2. The first-order chi connectivity index (χ1) is 11.3. The van der Waals surface area contributed by atoms with Gasteiger partial charge in [0.1, 0.15) is 22.5 Å². The van der Waals surface area contributed by atoms with Crippen LogP contribution in [-0.2, 0) is 9.05 Å². The van der Waals surface area contributed by atoms with Crippen molar-refractivity contribution in [1.82, 2.24) is 15.0 Å². The van der Waals surface area contributed by atoms with Crippen LogP contribution in [-0.4, -0.2) is 28.5 Å². The zero-order valence-electron chi connectivity index (χ0n) is 13.1. The fourth-order valence-corrected chi connectivity index (χ4v) is 3.26. The van der Waals surface area contributed by atoms with E-state index < -0.39 is 9.05 Å². The molecule has 0 fully saturated rings. The van der Waals surface area contributed by atoms with E-state index in [4.69, 9.17) is 10.7 Å². The minimum absolute atomic E-state index is 0.0475. The van der Waals surface area contributed by atoms with Gasteiger partial charge in [0.15, 0.2) is 0 Å². The van der Waals surface area contributed by atoms with Crippen molar-refractivity contribution in [2.75, 3.05) is 0 Å². The number of hydrogen-bond donors (Lipinski definition) is 1. The normalized spacial score (nSPS) is 13.3. The molecule has 0 aliphatic heterocycles. The molecule has 1 heterocycles. The van der Waals surface area contributed by atoms with Crippen molar-refractivity contribution < 1.29 is 13.5 Å². The van der Waals surface area contributed by atoms with Crippen molar-refractivity contribution in [3.8, 4) is 11.4 Å². The van der Waals surface area contributed by atoms with Gasteiger partial charge in [-0.25, -0.2) is 8.42 Å². The second kappa shape index (κ2) is 6.07. The highest BCUT2D eigenvalue weighted by molar-refractivity contribution is 8.13. The SMILES string of the molecule is CCC(C)c1cc(S(=O)(=O)Cl)cc(-n2nc3ccccc3n2)c1O. The van der Waals surface area contributed by atoms with Crippen LogP contribution in [0.2, 0.25) is 0 Å². The number of aromatic nitrogens is 3. The maximum absolute atomic E-state index is 11.8. The molecule has 8 heteroatoms. The number of benzene rings is 2. The van der Waals surface area contributed by atoms with Gasteiger partial charge in [-0.05, 0) is 36.6 Å². The molecule has 0 aliphatic rings. The van der Waals surface area contributed by atoms with Gasteiger partial charge in [0.05, 0.1) is 4.90 Å². The second-order valence-corrected chi connectivity index (χ2v) is 8.17. The standard InChI is InChI=1S/C16H16ClN3O3S/c1-3-10(2)12-8-11(24(17,22)23)9-15(16(12)21)20-18-13-6-4-5-7-14(13)19-20/h4-10,21H,3H2,1-2H3. The van der Waals surface area contributed by atoms with Gasteiger partial charge < -0.3 is 5.11 Å². The van der Waals surface area contributed by atoms with Crippen LogP contribution in [0.15, 0.2) is 41.3 Å². The van der Waals surface area contributed by atoms with Gasteiger partial charge in [-0.3, -0.25) is 0 Å². The van der Waals surface area contributed by atoms with Gasteiger partial charge in [-0.2, -0.15) is 0 Å². The molecule has 1 unspecified atom stereocenters. The average Bonchev–Trinajstić information content (AvgIpc) is 2.97. The highest BCUT2D eigenvalue weighted by atomic mass is 35.7. The van der Waals surface area contributed by atoms with Crippen molar-refractivity contribution in [1.29, 1.82) is 0 Å². The lowest BCUT2D eigenvalue weighted by molar-refractivity contribution is 0.454. The summed E-state index contributed by atoms with van der Waals surface area (Å²) in [7, 11) is 1.56. The van der Waals surface area contributed by atoms with E-state index in [1.807, 2.05) is 26.0 Å². The molecule has 0 saturated heterocycles. The Labute approximate surface area is 144 Å². The maximum atomic E-state index is 11.8. The third-order valence-corrected chi connectivity index (χ3v) is 5.35. The van der Waals surface area contributed by atoms with E-state index in [1.54, 1.807) is 12.1 Å². The molecule has 1 atom stereocenters. The lowest BCUT2D eigenvalue weighted by atomic mass is 9.97. The van der Waals surface area contributed by atoms with Crippen molar-refractivity contribution in [3.63, 3.8) is 0 Å². The minimum atomic E-state index is -3.95. The lowest BCUT2D eigenvalue weighted by Gasteiger charge is -2.15. The van der Waals surface area contributed by atoms with Gasteiger partial charge in [-0.1, -0.05) is 26.0 Å². The monoisotopic (exact) mass is 365 g/mol. The molecule has 0 amide bonds. The van der Waals surface area contributed by atoms with Gasteiger partial charge in [0, 0.05) is 16.2 Å². The number of rotatable bonds is 4. The van der Waals surface area contributed by atoms with Crippen LogP contribution < -0.4 is 0 Å². The van der Waals surface area contributed by atoms with Crippen molar-refractivity contribution in [2.24, 2.45) is 0 Å². The number of halogens is 1. The summed E-state index contributed by atoms with van der Waals surface area (Å²) < 4.78 is 23.6. The maximum Gasteiger partial charge on any atom is 0.261 e. The van der Waals surface area contributed by atoms with Crippen LogP contribution in [0.3, 0.4) is 0 Å². The van der Waals surface area contributed by atoms with Crippen LogP contribution in [0.5, 0.6) is 5.75 Å². The number of nitrogens with zero attached hydrogens (tertiary/aromatic N) is 3. The molecule has 24 heavy (non-hydrogen) atoms. The average molecular weight is 366 g/mol. The van der Waals surface area contributed by atoms with Crippen LogP contribution >= 0.6 is 10.7 Å². The van der Waals surface area contributed by atoms with Gasteiger partial charge in [0.25, 0.3) is 9.05 Å². The van der Waals surface area contributed by atoms with Crippen LogP contribution in [0.1, 0.15) is 31.7 Å². The Balaban J connectivity index is 2.29. The molecule has 126 valence electrons. The summed E-state index contributed by atoms with van der Waals surface area (Å²) in [5.41, 5.74) is 1.96. The number of phenolic OH excluding ortho intramolecular Hbond substituents is 1. The Morgan fingerprint density at radius 3 is 2.29 bits per heavy atom. The summed E-state index contributed by atoms with van der Waals surface area (Å²) in [4.78, 5) is 1.14. The molecule has 2 aromatic carbocycles. The first kappa shape index (κ1) is 16.7. The van der Waals surface area contributed by atoms with Crippen molar-refractivity contribution >= 4 is 30.8 Å². The minimum Gasteiger partial charge on any atom is -0.505 e. The highest BCUT2D eigenvalue weighted by Crippen LogP contribution is 2.36. The lowest BCUT2D eigenvalue weighted by Crippen LogP contribution is -2.05. The van der Waals surface area contributed by atoms with E-state index in [-0.39, 0.29) is 22.3 Å². The number of aromatic hydroxyl groups is 1. The molecule has 1 N–H and O–H groups in total. The Morgan fingerprint density at radius 1 is 1.21 bits per heavy atom. The Hall–Kier alpha value is -2.12. The van der Waals surface area contributed by atoms with E-state index in [2.05, 4.69) is 10.2 Å². The van der Waals surface area contributed by atoms with E-state index in [0.717, 1.165) is 6.42 Å². The summed E-state index contributed by atoms with van der Waals surface area (Å²) >= 11 is 0. The van der Waals surface area contributed by atoms with Crippen LogP contribution in [0.4, 0.5) is 0 Å². The fourth-order valence-electron chi connectivity index (χ4n) is 2.47. The summed E-state index contributed by atoms with van der Waals surface area (Å²) in [6.45, 7) is 3.85. The second-order valence-electron chi connectivity index (χ2n) is 5.61. The van der Waals surface area contributed by atoms with Gasteiger partial charge in [0.2, 0.25) is 0 Å². The van der Waals surface area contributed by atoms with E-state index >= 15 is 0 Å².